The summed E-state index contributed by atoms with van der Waals surface area (Å²) in [7, 11) is 0. The molecule has 3 heterocycles. The standard InChI is InChI=1S/C11H10F3N3O2/c12-11(13,14)8-1-9(16-5-15-8)17-2-6-4-19-10(18)7(6)3-17/h1,5-7H,2-4H2/t6-,7-/m1/s1. The highest BCUT2D eigenvalue weighted by Gasteiger charge is 2.44. The number of cyclic esters (lactones) is 1. The first-order valence-corrected chi connectivity index (χ1v) is 5.76. The van der Waals surface area contributed by atoms with E-state index in [1.54, 1.807) is 4.90 Å². The number of ether oxygens (including phenoxy) is 1. The van der Waals surface area contributed by atoms with E-state index in [1.165, 1.54) is 0 Å². The van der Waals surface area contributed by atoms with E-state index >= 15 is 0 Å². The first kappa shape index (κ1) is 12.2. The molecule has 0 radical (unpaired) electrons. The predicted octanol–water partition coefficient (Wildman–Crippen LogP) is 1.10. The molecular weight excluding hydrogens is 263 g/mol. The molecule has 1 aromatic rings. The molecule has 0 amide bonds. The van der Waals surface area contributed by atoms with Gasteiger partial charge in [-0.2, -0.15) is 13.2 Å². The maximum absolute atomic E-state index is 12.6. The average molecular weight is 273 g/mol. The number of nitrogens with zero attached hydrogens (tertiary/aromatic N) is 3. The van der Waals surface area contributed by atoms with Gasteiger partial charge in [-0.05, 0) is 0 Å². The highest BCUT2D eigenvalue weighted by Crippen LogP contribution is 2.34. The van der Waals surface area contributed by atoms with E-state index in [4.69, 9.17) is 4.74 Å². The molecule has 0 saturated carbocycles. The molecule has 2 aliphatic rings. The summed E-state index contributed by atoms with van der Waals surface area (Å²) in [5.74, 6) is -0.303. The van der Waals surface area contributed by atoms with Gasteiger partial charge < -0.3 is 9.64 Å². The molecule has 0 aliphatic carbocycles. The molecule has 5 nitrogen and oxygen atoms in total. The molecule has 2 aliphatic heterocycles. The van der Waals surface area contributed by atoms with E-state index in [2.05, 4.69) is 9.97 Å². The first-order chi connectivity index (χ1) is 8.95. The third kappa shape index (κ3) is 2.11. The molecule has 0 unspecified atom stereocenters. The van der Waals surface area contributed by atoms with Gasteiger partial charge in [-0.1, -0.05) is 0 Å². The lowest BCUT2D eigenvalue weighted by Crippen LogP contribution is -2.25. The van der Waals surface area contributed by atoms with Crippen molar-refractivity contribution in [3.8, 4) is 0 Å². The second-order valence-electron chi connectivity index (χ2n) is 4.66. The molecule has 1 aromatic heterocycles. The molecule has 8 heteroatoms. The van der Waals surface area contributed by atoms with Crippen LogP contribution in [0.2, 0.25) is 0 Å². The summed E-state index contributed by atoms with van der Waals surface area (Å²) in [5, 5.41) is 0. The van der Waals surface area contributed by atoms with Gasteiger partial charge >= 0.3 is 12.1 Å². The van der Waals surface area contributed by atoms with Gasteiger partial charge in [-0.25, -0.2) is 9.97 Å². The van der Waals surface area contributed by atoms with Gasteiger partial charge in [0.25, 0.3) is 0 Å². The van der Waals surface area contributed by atoms with Crippen LogP contribution in [0.3, 0.4) is 0 Å². The van der Waals surface area contributed by atoms with E-state index in [1.807, 2.05) is 0 Å². The molecule has 2 fully saturated rings. The van der Waals surface area contributed by atoms with E-state index in [0.29, 0.717) is 19.7 Å². The number of esters is 1. The van der Waals surface area contributed by atoms with Crippen LogP contribution >= 0.6 is 0 Å². The van der Waals surface area contributed by atoms with Gasteiger partial charge in [-0.3, -0.25) is 4.79 Å². The molecule has 0 N–H and O–H groups in total. The lowest BCUT2D eigenvalue weighted by atomic mass is 10.0. The summed E-state index contributed by atoms with van der Waals surface area (Å²) >= 11 is 0. The van der Waals surface area contributed by atoms with Crippen LogP contribution in [-0.2, 0) is 15.7 Å². The summed E-state index contributed by atoms with van der Waals surface area (Å²) in [6.45, 7) is 1.15. The molecule has 0 aromatic carbocycles. The number of carbonyl (C=O) groups is 1. The number of carbonyl (C=O) groups excluding carboxylic acids is 1. The molecule has 3 rings (SSSR count). The SMILES string of the molecule is O=C1OC[C@H]2CN(c3cc(C(F)(F)F)ncn3)C[C@@H]12. The van der Waals surface area contributed by atoms with Crippen molar-refractivity contribution in [2.24, 2.45) is 11.8 Å². The van der Waals surface area contributed by atoms with Gasteiger partial charge in [0.2, 0.25) is 0 Å². The Bertz CT molecular complexity index is 520. The summed E-state index contributed by atoms with van der Waals surface area (Å²) in [5.41, 5.74) is -0.975. The van der Waals surface area contributed by atoms with Crippen LogP contribution in [0.1, 0.15) is 5.69 Å². The van der Waals surface area contributed by atoms with E-state index in [-0.39, 0.29) is 23.6 Å². The van der Waals surface area contributed by atoms with Gasteiger partial charge in [0.05, 0.1) is 12.5 Å². The molecule has 2 atom stereocenters. The lowest BCUT2D eigenvalue weighted by Gasteiger charge is -2.18. The number of anilines is 1. The Morgan fingerprint density at radius 1 is 1.32 bits per heavy atom. The minimum absolute atomic E-state index is 0.0387. The summed E-state index contributed by atoms with van der Waals surface area (Å²) in [4.78, 5) is 20.1. The van der Waals surface area contributed by atoms with Crippen LogP contribution < -0.4 is 4.90 Å². The molecule has 2 saturated heterocycles. The largest absolute Gasteiger partial charge is 0.465 e. The maximum Gasteiger partial charge on any atom is 0.433 e. The number of aromatic nitrogens is 2. The number of rotatable bonds is 1. The van der Waals surface area contributed by atoms with Gasteiger partial charge in [0.15, 0.2) is 0 Å². The van der Waals surface area contributed by atoms with Gasteiger partial charge in [-0.15, -0.1) is 0 Å². The molecule has 102 valence electrons. The highest BCUT2D eigenvalue weighted by molar-refractivity contribution is 5.76. The number of halogens is 3. The van der Waals surface area contributed by atoms with Crippen molar-refractivity contribution in [1.29, 1.82) is 0 Å². The number of fused-ring (bicyclic) bond motifs is 1. The molecule has 0 spiro atoms. The normalized spacial score (nSPS) is 26.5. The Hall–Kier alpha value is -1.86. The Labute approximate surface area is 106 Å². The lowest BCUT2D eigenvalue weighted by molar-refractivity contribution is -0.142. The zero-order valence-electron chi connectivity index (χ0n) is 9.72. The smallest absolute Gasteiger partial charge is 0.433 e. The van der Waals surface area contributed by atoms with Crippen molar-refractivity contribution < 1.29 is 22.7 Å². The molecular formula is C11H10F3N3O2. The summed E-state index contributed by atoms with van der Waals surface area (Å²) < 4.78 is 42.6. The van der Waals surface area contributed by atoms with Crippen LogP contribution in [0.4, 0.5) is 19.0 Å². The quantitative estimate of drug-likeness (QED) is 0.717. The molecule has 19 heavy (non-hydrogen) atoms. The Morgan fingerprint density at radius 2 is 2.11 bits per heavy atom. The Kier molecular flexibility index (Phi) is 2.61. The minimum Gasteiger partial charge on any atom is -0.465 e. The van der Waals surface area contributed by atoms with Crippen LogP contribution in [0.25, 0.3) is 0 Å². The topological polar surface area (TPSA) is 55.3 Å². The average Bonchev–Trinajstić information content (AvgIpc) is 2.91. The van der Waals surface area contributed by atoms with Crippen molar-refractivity contribution in [2.75, 3.05) is 24.6 Å². The fourth-order valence-corrected chi connectivity index (χ4v) is 2.47. The van der Waals surface area contributed by atoms with Crippen molar-refractivity contribution in [3.63, 3.8) is 0 Å². The Balaban J connectivity index is 1.83. The minimum atomic E-state index is -4.49. The first-order valence-electron chi connectivity index (χ1n) is 5.76. The van der Waals surface area contributed by atoms with Crippen molar-refractivity contribution in [1.82, 2.24) is 9.97 Å². The fraction of sp³-hybridized carbons (Fsp3) is 0.545. The summed E-state index contributed by atoms with van der Waals surface area (Å²) in [6.07, 6.45) is -3.60. The van der Waals surface area contributed by atoms with Crippen LogP contribution in [0, 0.1) is 11.8 Å². The van der Waals surface area contributed by atoms with Crippen LogP contribution in [0.5, 0.6) is 0 Å². The maximum atomic E-state index is 12.6. The third-order valence-electron chi connectivity index (χ3n) is 3.45. The van der Waals surface area contributed by atoms with Crippen LogP contribution in [-0.4, -0.2) is 35.6 Å². The Morgan fingerprint density at radius 3 is 2.79 bits per heavy atom. The molecule has 0 bridgehead atoms. The number of alkyl halides is 3. The van der Waals surface area contributed by atoms with E-state index in [9.17, 15) is 18.0 Å². The van der Waals surface area contributed by atoms with Crippen LogP contribution in [0.15, 0.2) is 12.4 Å². The highest BCUT2D eigenvalue weighted by atomic mass is 19.4. The summed E-state index contributed by atoms with van der Waals surface area (Å²) in [6, 6.07) is 0.909. The monoisotopic (exact) mass is 273 g/mol. The fourth-order valence-electron chi connectivity index (χ4n) is 2.47. The number of hydrogen-bond donors (Lipinski definition) is 0. The zero-order chi connectivity index (χ0) is 13.6. The van der Waals surface area contributed by atoms with E-state index < -0.39 is 11.9 Å². The number of hydrogen-bond acceptors (Lipinski definition) is 5. The van der Waals surface area contributed by atoms with Gasteiger partial charge in [0.1, 0.15) is 17.8 Å². The second-order valence-corrected chi connectivity index (χ2v) is 4.66. The zero-order valence-corrected chi connectivity index (χ0v) is 9.72. The third-order valence-corrected chi connectivity index (χ3v) is 3.45. The van der Waals surface area contributed by atoms with Crippen molar-refractivity contribution in [3.05, 3.63) is 18.1 Å². The van der Waals surface area contributed by atoms with Crippen molar-refractivity contribution >= 4 is 11.8 Å². The van der Waals surface area contributed by atoms with Crippen molar-refractivity contribution in [2.45, 2.75) is 6.18 Å². The van der Waals surface area contributed by atoms with E-state index in [0.717, 1.165) is 12.4 Å². The predicted molar refractivity (Wildman–Crippen MR) is 57.2 cm³/mol. The van der Waals surface area contributed by atoms with Gasteiger partial charge in [0, 0.05) is 25.1 Å². The second kappa shape index (κ2) is 4.07.